The van der Waals surface area contributed by atoms with Crippen LogP contribution in [-0.4, -0.2) is 24.4 Å². The molecule has 0 aliphatic heterocycles. The highest BCUT2D eigenvalue weighted by Crippen LogP contribution is 2.26. The number of esters is 1. The summed E-state index contributed by atoms with van der Waals surface area (Å²) >= 11 is 0. The maximum Gasteiger partial charge on any atom is 0.338 e. The smallest absolute Gasteiger partial charge is 0.338 e. The summed E-state index contributed by atoms with van der Waals surface area (Å²) in [5, 5.41) is 5.39. The number of hydrogen-bond acceptors (Lipinski definition) is 4. The van der Waals surface area contributed by atoms with Crippen molar-refractivity contribution in [2.75, 3.05) is 17.2 Å². The number of para-hydroxylation sites is 1. The Labute approximate surface area is 158 Å². The average molecular weight is 368 g/mol. The summed E-state index contributed by atoms with van der Waals surface area (Å²) in [6.07, 6.45) is 0.951. The molecule has 2 aromatic rings. The summed E-state index contributed by atoms with van der Waals surface area (Å²) < 4.78 is 5.09. The van der Waals surface area contributed by atoms with E-state index in [2.05, 4.69) is 24.5 Å². The van der Waals surface area contributed by atoms with Gasteiger partial charge in [0.05, 0.1) is 5.56 Å². The molecular weight excluding hydrogens is 344 g/mol. The van der Waals surface area contributed by atoms with Gasteiger partial charge in [-0.15, -0.1) is 0 Å². The molecule has 0 aromatic heterocycles. The molecule has 6 nitrogen and oxygen atoms in total. The van der Waals surface area contributed by atoms with Crippen LogP contribution in [0.4, 0.5) is 11.4 Å². The first-order valence-corrected chi connectivity index (χ1v) is 8.84. The predicted molar refractivity (Wildman–Crippen MR) is 105 cm³/mol. The lowest BCUT2D eigenvalue weighted by Crippen LogP contribution is -2.21. The second kappa shape index (κ2) is 9.52. The standard InChI is InChI=1S/C21H24N2O4/c1-4-14(2)18-10-5-6-11-19(18)23-20(25)13-27-21(26)16-8-7-9-17(12-16)22-15(3)24/h5-12,14H,4,13H2,1-3H3,(H,22,24)(H,23,25)/t14-/m0/s1. The van der Waals surface area contributed by atoms with Gasteiger partial charge in [-0.3, -0.25) is 9.59 Å². The molecule has 0 saturated heterocycles. The Morgan fingerprint density at radius 3 is 2.48 bits per heavy atom. The van der Waals surface area contributed by atoms with Crippen molar-refractivity contribution < 1.29 is 19.1 Å². The molecule has 2 aromatic carbocycles. The van der Waals surface area contributed by atoms with Crippen LogP contribution < -0.4 is 10.6 Å². The summed E-state index contributed by atoms with van der Waals surface area (Å²) in [7, 11) is 0. The van der Waals surface area contributed by atoms with Gasteiger partial charge in [0, 0.05) is 18.3 Å². The van der Waals surface area contributed by atoms with Gasteiger partial charge in [-0.05, 0) is 42.2 Å². The lowest BCUT2D eigenvalue weighted by molar-refractivity contribution is -0.119. The van der Waals surface area contributed by atoms with Crippen molar-refractivity contribution in [1.29, 1.82) is 0 Å². The van der Waals surface area contributed by atoms with Crippen LogP contribution >= 0.6 is 0 Å². The van der Waals surface area contributed by atoms with Gasteiger partial charge in [-0.25, -0.2) is 4.79 Å². The van der Waals surface area contributed by atoms with Crippen LogP contribution in [0.15, 0.2) is 48.5 Å². The first-order valence-electron chi connectivity index (χ1n) is 8.84. The molecule has 27 heavy (non-hydrogen) atoms. The Kier molecular flexibility index (Phi) is 7.11. The van der Waals surface area contributed by atoms with Gasteiger partial charge in [0.15, 0.2) is 6.61 Å². The van der Waals surface area contributed by atoms with E-state index in [0.29, 0.717) is 11.6 Å². The third-order valence-corrected chi connectivity index (χ3v) is 4.13. The van der Waals surface area contributed by atoms with Gasteiger partial charge >= 0.3 is 5.97 Å². The molecule has 0 bridgehead atoms. The first kappa shape index (κ1) is 20.2. The summed E-state index contributed by atoms with van der Waals surface area (Å²) in [4.78, 5) is 35.4. The van der Waals surface area contributed by atoms with Crippen LogP contribution in [0, 0.1) is 0 Å². The molecule has 0 unspecified atom stereocenters. The largest absolute Gasteiger partial charge is 0.452 e. The zero-order valence-electron chi connectivity index (χ0n) is 15.7. The number of ether oxygens (including phenoxy) is 1. The Morgan fingerprint density at radius 1 is 1.04 bits per heavy atom. The van der Waals surface area contributed by atoms with E-state index in [9.17, 15) is 14.4 Å². The fraction of sp³-hybridized carbons (Fsp3) is 0.286. The maximum atomic E-state index is 12.2. The minimum absolute atomic E-state index is 0.236. The van der Waals surface area contributed by atoms with Crippen molar-refractivity contribution in [2.24, 2.45) is 0 Å². The molecule has 0 aliphatic carbocycles. The van der Waals surface area contributed by atoms with E-state index >= 15 is 0 Å². The number of anilines is 2. The van der Waals surface area contributed by atoms with Crippen molar-refractivity contribution in [3.63, 3.8) is 0 Å². The lowest BCUT2D eigenvalue weighted by atomic mass is 9.97. The maximum absolute atomic E-state index is 12.2. The SMILES string of the molecule is CC[C@H](C)c1ccccc1NC(=O)COC(=O)c1cccc(NC(C)=O)c1. The Bertz CT molecular complexity index is 832. The molecule has 1 atom stereocenters. The highest BCUT2D eigenvalue weighted by atomic mass is 16.5. The summed E-state index contributed by atoms with van der Waals surface area (Å²) in [6, 6.07) is 13.9. The van der Waals surface area contributed by atoms with E-state index in [-0.39, 0.29) is 11.5 Å². The summed E-state index contributed by atoms with van der Waals surface area (Å²) in [5.74, 6) is -0.967. The van der Waals surface area contributed by atoms with Crippen LogP contribution in [0.2, 0.25) is 0 Å². The van der Waals surface area contributed by atoms with Crippen LogP contribution in [0.5, 0.6) is 0 Å². The van der Waals surface area contributed by atoms with Crippen LogP contribution in [0.1, 0.15) is 49.0 Å². The molecule has 0 spiro atoms. The number of hydrogen-bond donors (Lipinski definition) is 2. The quantitative estimate of drug-likeness (QED) is 0.725. The molecule has 142 valence electrons. The molecule has 6 heteroatoms. The predicted octanol–water partition coefficient (Wildman–Crippen LogP) is 3.95. The normalized spacial score (nSPS) is 11.4. The molecule has 2 N–H and O–H groups in total. The van der Waals surface area contributed by atoms with E-state index < -0.39 is 18.5 Å². The number of amides is 2. The number of nitrogens with one attached hydrogen (secondary N) is 2. The monoisotopic (exact) mass is 368 g/mol. The third kappa shape index (κ3) is 5.95. The number of rotatable bonds is 7. The topological polar surface area (TPSA) is 84.5 Å². The molecule has 0 fully saturated rings. The first-order chi connectivity index (χ1) is 12.9. The van der Waals surface area contributed by atoms with Crippen molar-refractivity contribution >= 4 is 29.2 Å². The minimum Gasteiger partial charge on any atom is -0.452 e. The lowest BCUT2D eigenvalue weighted by Gasteiger charge is -2.15. The Balaban J connectivity index is 1.96. The van der Waals surface area contributed by atoms with Gasteiger partial charge in [0.25, 0.3) is 5.91 Å². The Morgan fingerprint density at radius 2 is 1.78 bits per heavy atom. The fourth-order valence-corrected chi connectivity index (χ4v) is 2.59. The highest BCUT2D eigenvalue weighted by molar-refractivity contribution is 5.97. The zero-order chi connectivity index (χ0) is 19.8. The van der Waals surface area contributed by atoms with Crippen molar-refractivity contribution in [3.05, 3.63) is 59.7 Å². The molecular formula is C21H24N2O4. The van der Waals surface area contributed by atoms with Crippen molar-refractivity contribution in [2.45, 2.75) is 33.1 Å². The van der Waals surface area contributed by atoms with Crippen molar-refractivity contribution in [1.82, 2.24) is 0 Å². The molecule has 2 amide bonds. The summed E-state index contributed by atoms with van der Waals surface area (Å²) in [6.45, 7) is 5.16. The number of benzene rings is 2. The van der Waals surface area contributed by atoms with Crippen LogP contribution in [0.3, 0.4) is 0 Å². The van der Waals surface area contributed by atoms with Crippen LogP contribution in [-0.2, 0) is 14.3 Å². The van der Waals surface area contributed by atoms with E-state index in [1.807, 2.05) is 24.3 Å². The Hall–Kier alpha value is -3.15. The number of carbonyl (C=O) groups is 3. The van der Waals surface area contributed by atoms with E-state index in [1.54, 1.807) is 18.2 Å². The van der Waals surface area contributed by atoms with Crippen LogP contribution in [0.25, 0.3) is 0 Å². The summed E-state index contributed by atoms with van der Waals surface area (Å²) in [5.41, 5.74) is 2.51. The molecule has 2 rings (SSSR count). The number of carbonyl (C=O) groups excluding carboxylic acids is 3. The molecule has 0 heterocycles. The second-order valence-electron chi connectivity index (χ2n) is 6.28. The van der Waals surface area contributed by atoms with Gasteiger partial charge in [0.2, 0.25) is 5.91 Å². The molecule has 0 saturated carbocycles. The van der Waals surface area contributed by atoms with E-state index in [4.69, 9.17) is 4.74 Å². The third-order valence-electron chi connectivity index (χ3n) is 4.13. The van der Waals surface area contributed by atoms with Gasteiger partial charge in [-0.1, -0.05) is 38.1 Å². The fourth-order valence-electron chi connectivity index (χ4n) is 2.59. The van der Waals surface area contributed by atoms with Gasteiger partial charge < -0.3 is 15.4 Å². The second-order valence-corrected chi connectivity index (χ2v) is 6.28. The zero-order valence-corrected chi connectivity index (χ0v) is 15.7. The molecule has 0 radical (unpaired) electrons. The van der Waals surface area contributed by atoms with Gasteiger partial charge in [0.1, 0.15) is 0 Å². The minimum atomic E-state index is -0.632. The average Bonchev–Trinajstić information content (AvgIpc) is 2.65. The van der Waals surface area contributed by atoms with Crippen molar-refractivity contribution in [3.8, 4) is 0 Å². The van der Waals surface area contributed by atoms with E-state index in [1.165, 1.54) is 13.0 Å². The molecule has 0 aliphatic rings. The van der Waals surface area contributed by atoms with E-state index in [0.717, 1.165) is 17.7 Å². The van der Waals surface area contributed by atoms with Gasteiger partial charge in [-0.2, -0.15) is 0 Å². The highest BCUT2D eigenvalue weighted by Gasteiger charge is 2.14.